The van der Waals surface area contributed by atoms with Crippen LogP contribution in [0.2, 0.25) is 0 Å². The number of rotatable bonds is 7. The molecule has 1 spiro atoms. The van der Waals surface area contributed by atoms with Crippen molar-refractivity contribution in [3.63, 3.8) is 0 Å². The first-order valence-electron chi connectivity index (χ1n) is 15.8. The monoisotopic (exact) mass is 577 g/mol. The second kappa shape index (κ2) is 12.5. The van der Waals surface area contributed by atoms with Crippen molar-refractivity contribution in [2.24, 2.45) is 5.41 Å². The number of methoxy groups -OCH3 is 2. The molecule has 1 atom stereocenters. The van der Waals surface area contributed by atoms with E-state index in [1.165, 1.54) is 29.5 Å². The Morgan fingerprint density at radius 3 is 2.31 bits per heavy atom. The number of benzene rings is 2. The summed E-state index contributed by atoms with van der Waals surface area (Å²) in [6.07, 6.45) is 4.43. The van der Waals surface area contributed by atoms with Gasteiger partial charge in [-0.05, 0) is 75.0 Å². The number of likely N-dealkylation sites (tertiary alicyclic amines) is 1. The number of piperidine rings is 1. The van der Waals surface area contributed by atoms with Crippen LogP contribution in [0.4, 0.5) is 4.79 Å². The molecule has 0 bridgehead atoms. The van der Waals surface area contributed by atoms with Crippen LogP contribution in [0.1, 0.15) is 89.0 Å². The maximum absolute atomic E-state index is 12.6. The Balaban J connectivity index is 1.30. The lowest BCUT2D eigenvalue weighted by atomic mass is 9.59. The molecule has 1 saturated carbocycles. The molecule has 2 heterocycles. The predicted octanol–water partition coefficient (Wildman–Crippen LogP) is 6.87. The maximum Gasteiger partial charge on any atom is 0.410 e. The fraction of sp³-hybridized carbons (Fsp3) is 0.629. The van der Waals surface area contributed by atoms with E-state index in [2.05, 4.69) is 60.0 Å². The molecule has 7 nitrogen and oxygen atoms in total. The van der Waals surface area contributed by atoms with Crippen molar-refractivity contribution in [1.29, 1.82) is 0 Å². The molecule has 2 aliphatic heterocycles. The van der Waals surface area contributed by atoms with Crippen LogP contribution in [0.5, 0.6) is 11.5 Å². The largest absolute Gasteiger partial charge is 0.493 e. The first kappa shape index (κ1) is 30.7. The van der Waals surface area contributed by atoms with Crippen molar-refractivity contribution in [2.45, 2.75) is 90.4 Å². The zero-order valence-corrected chi connectivity index (χ0v) is 26.8. The molecule has 2 aromatic carbocycles. The topological polar surface area (TPSA) is 54.5 Å². The first-order valence-corrected chi connectivity index (χ1v) is 15.8. The Hall–Kier alpha value is -2.77. The Morgan fingerprint density at radius 2 is 1.67 bits per heavy atom. The molecule has 0 N–H and O–H groups in total. The summed E-state index contributed by atoms with van der Waals surface area (Å²) in [5.74, 6) is 2.09. The highest BCUT2D eigenvalue weighted by atomic mass is 16.6. The number of nitrogens with zero attached hydrogens (tertiary/aromatic N) is 3. The van der Waals surface area contributed by atoms with Gasteiger partial charge in [0.25, 0.3) is 0 Å². The lowest BCUT2D eigenvalue weighted by Gasteiger charge is -2.58. The van der Waals surface area contributed by atoms with Crippen molar-refractivity contribution >= 4 is 6.09 Å². The van der Waals surface area contributed by atoms with E-state index in [1.54, 1.807) is 14.2 Å². The number of para-hydroxylation sites is 1. The number of hydrogen-bond acceptors (Lipinski definition) is 6. The summed E-state index contributed by atoms with van der Waals surface area (Å²) < 4.78 is 17.0. The fourth-order valence-corrected chi connectivity index (χ4v) is 7.44. The van der Waals surface area contributed by atoms with Gasteiger partial charge in [0, 0.05) is 56.9 Å². The third kappa shape index (κ3) is 6.57. The Morgan fingerprint density at radius 1 is 0.952 bits per heavy atom. The van der Waals surface area contributed by atoms with Gasteiger partial charge >= 0.3 is 6.09 Å². The number of piperazine rings is 1. The van der Waals surface area contributed by atoms with Gasteiger partial charge in [-0.1, -0.05) is 50.2 Å². The van der Waals surface area contributed by atoms with Crippen LogP contribution in [0.15, 0.2) is 42.5 Å². The SMILES string of the molecule is COc1cccc(CN2CCN(C3CC4(CCN(C(=O)OC(C)(C)C)CC4)C3)C(c3ccccc3C(C)C)C2)c1OC. The predicted molar refractivity (Wildman–Crippen MR) is 167 cm³/mol. The number of amides is 1. The minimum atomic E-state index is -0.449. The van der Waals surface area contributed by atoms with E-state index in [9.17, 15) is 4.79 Å². The van der Waals surface area contributed by atoms with E-state index < -0.39 is 5.60 Å². The quantitative estimate of drug-likeness (QED) is 0.358. The summed E-state index contributed by atoms with van der Waals surface area (Å²) in [7, 11) is 3.43. The van der Waals surface area contributed by atoms with Crippen molar-refractivity contribution in [3.05, 3.63) is 59.2 Å². The zero-order valence-electron chi connectivity index (χ0n) is 26.8. The Labute approximate surface area is 253 Å². The molecule has 3 fully saturated rings. The first-order chi connectivity index (χ1) is 20.0. The molecule has 1 unspecified atom stereocenters. The fourth-order valence-electron chi connectivity index (χ4n) is 7.44. The smallest absolute Gasteiger partial charge is 0.410 e. The van der Waals surface area contributed by atoms with Crippen molar-refractivity contribution in [1.82, 2.24) is 14.7 Å². The maximum atomic E-state index is 12.6. The van der Waals surface area contributed by atoms with E-state index in [-0.39, 0.29) is 6.09 Å². The molecule has 2 saturated heterocycles. The highest BCUT2D eigenvalue weighted by Gasteiger charge is 2.50. The van der Waals surface area contributed by atoms with Crippen LogP contribution in [-0.2, 0) is 11.3 Å². The minimum Gasteiger partial charge on any atom is -0.493 e. The third-order valence-electron chi connectivity index (χ3n) is 9.64. The van der Waals surface area contributed by atoms with Gasteiger partial charge in [0.1, 0.15) is 5.60 Å². The lowest BCUT2D eigenvalue weighted by Crippen LogP contribution is -2.60. The van der Waals surface area contributed by atoms with E-state index in [1.807, 2.05) is 31.7 Å². The summed E-state index contributed by atoms with van der Waals surface area (Å²) in [5.41, 5.74) is 4.00. The molecule has 0 radical (unpaired) electrons. The second-order valence-corrected chi connectivity index (χ2v) is 14.0. The molecule has 0 aromatic heterocycles. The minimum absolute atomic E-state index is 0.164. The van der Waals surface area contributed by atoms with Crippen LogP contribution in [0.25, 0.3) is 0 Å². The molecule has 1 amide bonds. The van der Waals surface area contributed by atoms with E-state index >= 15 is 0 Å². The van der Waals surface area contributed by atoms with Gasteiger partial charge in [0.2, 0.25) is 0 Å². The second-order valence-electron chi connectivity index (χ2n) is 14.0. The van der Waals surface area contributed by atoms with Crippen molar-refractivity contribution < 1.29 is 19.0 Å². The van der Waals surface area contributed by atoms with Crippen LogP contribution in [0.3, 0.4) is 0 Å². The summed E-state index contributed by atoms with van der Waals surface area (Å²) in [6.45, 7) is 15.9. The average molecular weight is 578 g/mol. The third-order valence-corrected chi connectivity index (χ3v) is 9.64. The number of ether oxygens (including phenoxy) is 3. The molecular weight excluding hydrogens is 526 g/mol. The van der Waals surface area contributed by atoms with Crippen LogP contribution in [0, 0.1) is 5.41 Å². The lowest BCUT2D eigenvalue weighted by molar-refractivity contribution is -0.0783. The van der Waals surface area contributed by atoms with Crippen LogP contribution in [-0.4, -0.2) is 79.4 Å². The van der Waals surface area contributed by atoms with Crippen LogP contribution < -0.4 is 9.47 Å². The molecule has 2 aromatic rings. The van der Waals surface area contributed by atoms with E-state index in [0.717, 1.165) is 63.6 Å². The normalized spacial score (nSPS) is 21.8. The number of carbonyl (C=O) groups excluding carboxylic acids is 1. The van der Waals surface area contributed by atoms with Crippen LogP contribution >= 0.6 is 0 Å². The molecule has 42 heavy (non-hydrogen) atoms. The standard InChI is InChI=1S/C35H51N3O4/c1-25(2)28-12-8-9-13-29(28)30-24-36(23-26-11-10-14-31(40-6)32(26)41-7)19-20-38(30)27-21-35(22-27)15-17-37(18-16-35)33(39)42-34(3,4)5/h8-14,25,27,30H,15-24H2,1-7H3. The summed E-state index contributed by atoms with van der Waals surface area (Å²) in [5, 5.41) is 0. The molecule has 7 heteroatoms. The van der Waals surface area contributed by atoms with Gasteiger partial charge in [0.15, 0.2) is 11.5 Å². The van der Waals surface area contributed by atoms with Gasteiger partial charge < -0.3 is 19.1 Å². The van der Waals surface area contributed by atoms with Crippen molar-refractivity contribution in [2.75, 3.05) is 46.9 Å². The van der Waals surface area contributed by atoms with E-state index in [4.69, 9.17) is 14.2 Å². The van der Waals surface area contributed by atoms with E-state index in [0.29, 0.717) is 23.4 Å². The molecule has 230 valence electrons. The highest BCUT2D eigenvalue weighted by molar-refractivity contribution is 5.68. The summed E-state index contributed by atoms with van der Waals surface area (Å²) >= 11 is 0. The summed E-state index contributed by atoms with van der Waals surface area (Å²) in [4.78, 5) is 20.0. The molecule has 5 rings (SSSR count). The highest BCUT2D eigenvalue weighted by Crippen LogP contribution is 2.53. The summed E-state index contributed by atoms with van der Waals surface area (Å²) in [6, 6.07) is 16.2. The van der Waals surface area contributed by atoms with Gasteiger partial charge in [-0.25, -0.2) is 4.79 Å². The average Bonchev–Trinajstić information content (AvgIpc) is 2.95. The van der Waals surface area contributed by atoms with Gasteiger partial charge in [-0.3, -0.25) is 9.80 Å². The van der Waals surface area contributed by atoms with Gasteiger partial charge in [0.05, 0.1) is 14.2 Å². The Bertz CT molecular complexity index is 1220. The Kier molecular flexibility index (Phi) is 9.10. The van der Waals surface area contributed by atoms with Crippen molar-refractivity contribution in [3.8, 4) is 11.5 Å². The van der Waals surface area contributed by atoms with Gasteiger partial charge in [-0.15, -0.1) is 0 Å². The molecular formula is C35H51N3O4. The number of hydrogen-bond donors (Lipinski definition) is 0. The molecule has 3 aliphatic rings. The van der Waals surface area contributed by atoms with Gasteiger partial charge in [-0.2, -0.15) is 0 Å². The zero-order chi connectivity index (χ0) is 30.1. The molecule has 1 aliphatic carbocycles. The number of carbonyl (C=O) groups is 1.